The van der Waals surface area contributed by atoms with Crippen LogP contribution in [0, 0.1) is 5.41 Å². The summed E-state index contributed by atoms with van der Waals surface area (Å²) in [7, 11) is 0. The summed E-state index contributed by atoms with van der Waals surface area (Å²) in [5.74, 6) is -0.833. The minimum Gasteiger partial charge on any atom is -0.481 e. The molecule has 2 aliphatic carbocycles. The average molecular weight is 296 g/mol. The number of aliphatic carboxylic acids is 1. The fourth-order valence-electron chi connectivity index (χ4n) is 3.85. The fourth-order valence-corrected chi connectivity index (χ4v) is 3.85. The topological polar surface area (TPSA) is 78.4 Å². The van der Waals surface area contributed by atoms with E-state index in [1.165, 1.54) is 12.8 Å². The molecule has 0 atom stereocenters. The minimum absolute atomic E-state index is 0.0255. The van der Waals surface area contributed by atoms with Crippen molar-refractivity contribution in [2.24, 2.45) is 5.41 Å². The molecule has 5 nitrogen and oxygen atoms in total. The number of hydrogen-bond donors (Lipinski definition) is 3. The Morgan fingerprint density at radius 1 is 1.00 bits per heavy atom. The number of urea groups is 1. The van der Waals surface area contributed by atoms with Crippen LogP contribution in [0.15, 0.2) is 0 Å². The van der Waals surface area contributed by atoms with Crippen molar-refractivity contribution in [1.82, 2.24) is 10.6 Å². The summed E-state index contributed by atoms with van der Waals surface area (Å²) in [6, 6.07) is -0.203. The Labute approximate surface area is 126 Å². The van der Waals surface area contributed by atoms with Crippen molar-refractivity contribution in [1.29, 1.82) is 0 Å². The zero-order chi connectivity index (χ0) is 15.3. The molecule has 0 radical (unpaired) electrons. The maximum absolute atomic E-state index is 12.2. The Kier molecular flexibility index (Phi) is 5.12. The molecule has 5 heteroatoms. The van der Waals surface area contributed by atoms with Gasteiger partial charge in [0, 0.05) is 6.54 Å². The van der Waals surface area contributed by atoms with Crippen LogP contribution in [-0.4, -0.2) is 29.2 Å². The van der Waals surface area contributed by atoms with Gasteiger partial charge in [0.2, 0.25) is 0 Å². The van der Waals surface area contributed by atoms with Gasteiger partial charge in [-0.1, -0.05) is 39.0 Å². The van der Waals surface area contributed by atoms with Crippen molar-refractivity contribution >= 4 is 12.0 Å². The predicted molar refractivity (Wildman–Crippen MR) is 81.2 cm³/mol. The molecule has 2 amide bonds. The van der Waals surface area contributed by atoms with Crippen LogP contribution < -0.4 is 10.6 Å². The largest absolute Gasteiger partial charge is 0.481 e. The Bertz CT molecular complexity index is 383. The summed E-state index contributed by atoms with van der Waals surface area (Å²) in [6.07, 6.45) is 9.47. The van der Waals surface area contributed by atoms with E-state index in [0.717, 1.165) is 44.9 Å². The molecular formula is C16H28N2O3. The Morgan fingerprint density at radius 2 is 1.57 bits per heavy atom. The second-order valence-corrected chi connectivity index (χ2v) is 7.24. The second-order valence-electron chi connectivity index (χ2n) is 7.24. The molecule has 0 aromatic rings. The zero-order valence-electron chi connectivity index (χ0n) is 13.0. The third-order valence-electron chi connectivity index (χ3n) is 5.17. The first kappa shape index (κ1) is 16.1. The van der Waals surface area contributed by atoms with E-state index >= 15 is 0 Å². The maximum atomic E-state index is 12.2. The summed E-state index contributed by atoms with van der Waals surface area (Å²) >= 11 is 0. The smallest absolute Gasteiger partial charge is 0.315 e. The number of carbonyl (C=O) groups excluding carboxylic acids is 1. The van der Waals surface area contributed by atoms with Crippen molar-refractivity contribution in [3.8, 4) is 0 Å². The van der Waals surface area contributed by atoms with E-state index in [2.05, 4.69) is 17.6 Å². The molecule has 2 saturated carbocycles. The molecule has 0 saturated heterocycles. The standard InChI is InChI=1S/C16H28N2O3/c1-15(7-5-6-8-15)12-17-14(21)18-16(11-13(19)20)9-3-2-4-10-16/h2-12H2,1H3,(H,19,20)(H2,17,18,21). The van der Waals surface area contributed by atoms with Crippen molar-refractivity contribution in [2.45, 2.75) is 76.7 Å². The van der Waals surface area contributed by atoms with Crippen molar-refractivity contribution < 1.29 is 14.7 Å². The molecule has 0 aromatic carbocycles. The first-order valence-corrected chi connectivity index (χ1v) is 8.21. The van der Waals surface area contributed by atoms with Crippen molar-refractivity contribution in [2.75, 3.05) is 6.54 Å². The summed E-state index contributed by atoms with van der Waals surface area (Å²) in [4.78, 5) is 23.3. The maximum Gasteiger partial charge on any atom is 0.315 e. The quantitative estimate of drug-likeness (QED) is 0.729. The van der Waals surface area contributed by atoms with Crippen LogP contribution in [0.25, 0.3) is 0 Å². The van der Waals surface area contributed by atoms with E-state index in [4.69, 9.17) is 5.11 Å². The van der Waals surface area contributed by atoms with E-state index < -0.39 is 11.5 Å². The molecule has 0 spiro atoms. The number of hydrogen-bond acceptors (Lipinski definition) is 2. The molecule has 0 unspecified atom stereocenters. The molecule has 0 heterocycles. The highest BCUT2D eigenvalue weighted by Gasteiger charge is 2.36. The average Bonchev–Trinajstić information content (AvgIpc) is 2.84. The van der Waals surface area contributed by atoms with Gasteiger partial charge in [0.25, 0.3) is 0 Å². The third-order valence-corrected chi connectivity index (χ3v) is 5.17. The molecular weight excluding hydrogens is 268 g/mol. The second kappa shape index (κ2) is 6.67. The first-order valence-electron chi connectivity index (χ1n) is 8.21. The lowest BCUT2D eigenvalue weighted by Gasteiger charge is -2.37. The summed E-state index contributed by atoms with van der Waals surface area (Å²) in [6.45, 7) is 2.90. The highest BCUT2D eigenvalue weighted by Crippen LogP contribution is 2.36. The molecule has 21 heavy (non-hydrogen) atoms. The van der Waals surface area contributed by atoms with Gasteiger partial charge in [-0.15, -0.1) is 0 Å². The number of carboxylic acid groups (broad SMARTS) is 1. The number of amides is 2. The Balaban J connectivity index is 1.87. The SMILES string of the molecule is CC1(CNC(=O)NC2(CC(=O)O)CCCCC2)CCCC1. The molecule has 2 aliphatic rings. The number of carboxylic acids is 1. The molecule has 0 bridgehead atoms. The summed E-state index contributed by atoms with van der Waals surface area (Å²) in [5, 5.41) is 15.1. The van der Waals surface area contributed by atoms with Gasteiger partial charge in [0.1, 0.15) is 0 Å². The van der Waals surface area contributed by atoms with Crippen LogP contribution in [-0.2, 0) is 4.79 Å². The highest BCUT2D eigenvalue weighted by atomic mass is 16.4. The number of rotatable bonds is 5. The lowest BCUT2D eigenvalue weighted by Crippen LogP contribution is -2.55. The van der Waals surface area contributed by atoms with Gasteiger partial charge in [-0.25, -0.2) is 4.79 Å². The molecule has 3 N–H and O–H groups in total. The summed E-state index contributed by atoms with van der Waals surface area (Å²) in [5.41, 5.74) is -0.339. The number of carbonyl (C=O) groups is 2. The van der Waals surface area contributed by atoms with E-state index in [9.17, 15) is 9.59 Å². The van der Waals surface area contributed by atoms with E-state index in [1.807, 2.05) is 0 Å². The van der Waals surface area contributed by atoms with Crippen molar-refractivity contribution in [3.63, 3.8) is 0 Å². The molecule has 2 fully saturated rings. The molecule has 0 aromatic heterocycles. The number of nitrogens with one attached hydrogen (secondary N) is 2. The van der Waals surface area contributed by atoms with Gasteiger partial charge in [0.05, 0.1) is 12.0 Å². The van der Waals surface area contributed by atoms with Crippen LogP contribution in [0.3, 0.4) is 0 Å². The minimum atomic E-state index is -0.833. The lowest BCUT2D eigenvalue weighted by atomic mass is 9.79. The Hall–Kier alpha value is -1.26. The van der Waals surface area contributed by atoms with Crippen molar-refractivity contribution in [3.05, 3.63) is 0 Å². The van der Waals surface area contributed by atoms with E-state index in [1.54, 1.807) is 0 Å². The van der Waals surface area contributed by atoms with Gasteiger partial charge in [-0.3, -0.25) is 4.79 Å². The van der Waals surface area contributed by atoms with E-state index in [0.29, 0.717) is 6.54 Å². The van der Waals surface area contributed by atoms with Gasteiger partial charge in [0.15, 0.2) is 0 Å². The van der Waals surface area contributed by atoms with Gasteiger partial charge in [-0.2, -0.15) is 0 Å². The monoisotopic (exact) mass is 296 g/mol. The predicted octanol–water partition coefficient (Wildman–Crippen LogP) is 3.04. The van der Waals surface area contributed by atoms with Crippen LogP contribution >= 0.6 is 0 Å². The summed E-state index contributed by atoms with van der Waals surface area (Å²) < 4.78 is 0. The van der Waals surface area contributed by atoms with Crippen LogP contribution in [0.2, 0.25) is 0 Å². The fraction of sp³-hybridized carbons (Fsp3) is 0.875. The van der Waals surface area contributed by atoms with Crippen LogP contribution in [0.4, 0.5) is 4.79 Å². The van der Waals surface area contributed by atoms with E-state index in [-0.39, 0.29) is 17.9 Å². The first-order chi connectivity index (χ1) is 9.93. The van der Waals surface area contributed by atoms with Crippen LogP contribution in [0.5, 0.6) is 0 Å². The normalized spacial score (nSPS) is 23.5. The Morgan fingerprint density at radius 3 is 2.14 bits per heavy atom. The molecule has 120 valence electrons. The van der Waals surface area contributed by atoms with Gasteiger partial charge < -0.3 is 15.7 Å². The molecule has 0 aliphatic heterocycles. The molecule has 2 rings (SSSR count). The lowest BCUT2D eigenvalue weighted by molar-refractivity contribution is -0.139. The van der Waals surface area contributed by atoms with Gasteiger partial charge >= 0.3 is 12.0 Å². The van der Waals surface area contributed by atoms with Crippen LogP contribution in [0.1, 0.15) is 71.1 Å². The third kappa shape index (κ3) is 4.61. The zero-order valence-corrected chi connectivity index (χ0v) is 13.0. The highest BCUT2D eigenvalue weighted by molar-refractivity contribution is 5.76. The van der Waals surface area contributed by atoms with Gasteiger partial charge in [-0.05, 0) is 31.1 Å².